The Morgan fingerprint density at radius 3 is 1.95 bits per heavy atom. The Hall–Kier alpha value is -4.10. The molecule has 4 aromatic rings. The van der Waals surface area contributed by atoms with Gasteiger partial charge < -0.3 is 16.4 Å². The van der Waals surface area contributed by atoms with Gasteiger partial charge in [0.05, 0.1) is 22.5 Å². The number of nitrogen functional groups attached to an aromatic ring is 1. The molecule has 0 saturated carbocycles. The molecular formula is C23H14Cl2N6O5S. The average Bonchev–Trinajstić information content (AvgIpc) is 2.82. The van der Waals surface area contributed by atoms with Gasteiger partial charge in [0.1, 0.15) is 4.90 Å². The van der Waals surface area contributed by atoms with Crippen LogP contribution in [0, 0.1) is 0 Å². The Morgan fingerprint density at radius 1 is 0.784 bits per heavy atom. The molecule has 0 spiro atoms. The molecule has 1 aliphatic carbocycles. The number of nitrogens with two attached hydrogens (primary N) is 1. The zero-order chi connectivity index (χ0) is 26.5. The highest BCUT2D eigenvalue weighted by Gasteiger charge is 2.36. The van der Waals surface area contributed by atoms with E-state index in [2.05, 4.69) is 25.6 Å². The van der Waals surface area contributed by atoms with Crippen molar-refractivity contribution in [3.8, 4) is 0 Å². The van der Waals surface area contributed by atoms with Gasteiger partial charge in [0.15, 0.2) is 11.6 Å². The number of aromatic nitrogens is 3. The van der Waals surface area contributed by atoms with E-state index in [1.54, 1.807) is 36.4 Å². The molecule has 1 aliphatic rings. The summed E-state index contributed by atoms with van der Waals surface area (Å²) in [5.41, 5.74) is 6.06. The molecule has 0 amide bonds. The fraction of sp³-hybridized carbons (Fsp3) is 0. The lowest BCUT2D eigenvalue weighted by Crippen LogP contribution is -2.25. The molecule has 0 saturated heterocycles. The van der Waals surface area contributed by atoms with E-state index in [4.69, 9.17) is 28.9 Å². The van der Waals surface area contributed by atoms with Crippen LogP contribution in [0.4, 0.5) is 28.7 Å². The van der Waals surface area contributed by atoms with Crippen LogP contribution in [-0.2, 0) is 10.1 Å². The van der Waals surface area contributed by atoms with Gasteiger partial charge in [0.2, 0.25) is 16.5 Å². The zero-order valence-electron chi connectivity index (χ0n) is 18.4. The van der Waals surface area contributed by atoms with Gasteiger partial charge in [-0.2, -0.15) is 23.4 Å². The third-order valence-corrected chi connectivity index (χ3v) is 6.69. The monoisotopic (exact) mass is 556 g/mol. The van der Waals surface area contributed by atoms with Crippen molar-refractivity contribution in [2.45, 2.75) is 4.90 Å². The van der Waals surface area contributed by atoms with Gasteiger partial charge in [0.25, 0.3) is 10.1 Å². The Morgan fingerprint density at radius 2 is 1.35 bits per heavy atom. The topological polar surface area (TPSA) is 177 Å². The zero-order valence-corrected chi connectivity index (χ0v) is 20.7. The van der Waals surface area contributed by atoms with Crippen LogP contribution >= 0.6 is 23.2 Å². The maximum atomic E-state index is 13.4. The third kappa shape index (κ3) is 4.58. The number of carbonyl (C=O) groups is 2. The van der Waals surface area contributed by atoms with Gasteiger partial charge in [-0.05, 0) is 47.5 Å². The number of hydrogen-bond donors (Lipinski definition) is 4. The van der Waals surface area contributed by atoms with Crippen LogP contribution in [0.1, 0.15) is 31.8 Å². The first-order valence-corrected chi connectivity index (χ1v) is 12.6. The van der Waals surface area contributed by atoms with Crippen molar-refractivity contribution < 1.29 is 22.6 Å². The maximum Gasteiger partial charge on any atom is 0.296 e. The minimum atomic E-state index is -4.85. The van der Waals surface area contributed by atoms with E-state index in [1.165, 1.54) is 12.1 Å². The minimum Gasteiger partial charge on any atom is -0.397 e. The molecule has 3 aromatic carbocycles. The molecule has 0 aliphatic heterocycles. The van der Waals surface area contributed by atoms with Gasteiger partial charge in [-0.3, -0.25) is 14.1 Å². The molecule has 0 unspecified atom stereocenters. The smallest absolute Gasteiger partial charge is 0.296 e. The number of fused-ring (bicyclic) bond motifs is 2. The van der Waals surface area contributed by atoms with Crippen LogP contribution in [0.15, 0.2) is 59.5 Å². The summed E-state index contributed by atoms with van der Waals surface area (Å²) >= 11 is 11.6. The molecule has 1 aromatic heterocycles. The van der Waals surface area contributed by atoms with E-state index in [0.29, 0.717) is 11.4 Å². The largest absolute Gasteiger partial charge is 0.397 e. The molecule has 0 atom stereocenters. The van der Waals surface area contributed by atoms with Crippen LogP contribution in [0.25, 0.3) is 0 Å². The second kappa shape index (κ2) is 9.09. The van der Waals surface area contributed by atoms with E-state index in [-0.39, 0.29) is 44.5 Å². The number of rotatable bonds is 5. The number of hydrogen-bond acceptors (Lipinski definition) is 10. The number of nitrogens with one attached hydrogen (secondary N) is 2. The highest BCUT2D eigenvalue weighted by molar-refractivity contribution is 7.86. The first-order valence-electron chi connectivity index (χ1n) is 10.4. The quantitative estimate of drug-likeness (QED) is 0.179. The summed E-state index contributed by atoms with van der Waals surface area (Å²) in [6.45, 7) is 0. The van der Waals surface area contributed by atoms with Crippen molar-refractivity contribution in [2.75, 3.05) is 16.4 Å². The highest BCUT2D eigenvalue weighted by atomic mass is 35.5. The molecule has 5 N–H and O–H groups in total. The summed E-state index contributed by atoms with van der Waals surface area (Å²) in [7, 11) is -4.85. The van der Waals surface area contributed by atoms with Crippen LogP contribution in [0.3, 0.4) is 0 Å². The van der Waals surface area contributed by atoms with E-state index >= 15 is 0 Å². The summed E-state index contributed by atoms with van der Waals surface area (Å²) < 4.78 is 34.0. The Labute approximate surface area is 219 Å². The summed E-state index contributed by atoms with van der Waals surface area (Å²) in [4.78, 5) is 37.5. The summed E-state index contributed by atoms with van der Waals surface area (Å²) in [6.07, 6.45) is 0. The fourth-order valence-corrected chi connectivity index (χ4v) is 4.96. The van der Waals surface area contributed by atoms with Crippen LogP contribution < -0.4 is 16.4 Å². The SMILES string of the molecule is Nc1c(S(=O)(=O)O)cc(Nc2cccc(Nc3nc(Cl)nc(Cl)n3)c2)c2c1C(=O)c1ccccc1C2=O. The predicted octanol–water partition coefficient (Wildman–Crippen LogP) is 4.27. The van der Waals surface area contributed by atoms with Gasteiger partial charge in [-0.1, -0.05) is 30.3 Å². The second-order valence-corrected chi connectivity index (χ2v) is 9.86. The molecule has 11 nitrogen and oxygen atoms in total. The van der Waals surface area contributed by atoms with Crippen LogP contribution in [0.2, 0.25) is 10.6 Å². The summed E-state index contributed by atoms with van der Waals surface area (Å²) in [5.74, 6) is -1.11. The van der Waals surface area contributed by atoms with Crippen LogP contribution in [0.5, 0.6) is 0 Å². The number of carbonyl (C=O) groups excluding carboxylic acids is 2. The fourth-order valence-electron chi connectivity index (χ4n) is 3.95. The second-order valence-electron chi connectivity index (χ2n) is 7.79. The lowest BCUT2D eigenvalue weighted by atomic mass is 9.82. The lowest BCUT2D eigenvalue weighted by molar-refractivity contribution is 0.0980. The standard InChI is InChI=1S/C23H14Cl2N6O5S/c24-21-29-22(25)31-23(30-21)28-11-5-3-4-10(8-11)27-14-9-15(37(34,35)36)18(26)17-16(14)19(32)12-6-1-2-7-13(12)20(17)33/h1-9,27H,26H2,(H,34,35,36)(H,28,29,30,31). The van der Waals surface area contributed by atoms with Gasteiger partial charge in [0, 0.05) is 22.5 Å². The molecular weight excluding hydrogens is 543 g/mol. The number of ketones is 2. The van der Waals surface area contributed by atoms with Crippen molar-refractivity contribution in [1.82, 2.24) is 15.0 Å². The summed E-state index contributed by atoms with van der Waals surface area (Å²) in [5, 5.41) is 5.61. The molecule has 37 heavy (non-hydrogen) atoms. The molecule has 14 heteroatoms. The maximum absolute atomic E-state index is 13.4. The minimum absolute atomic E-state index is 0.0481. The number of nitrogens with zero attached hydrogens (tertiary/aromatic N) is 3. The Balaban J connectivity index is 1.62. The van der Waals surface area contributed by atoms with Gasteiger partial charge in [-0.15, -0.1) is 0 Å². The first-order chi connectivity index (χ1) is 17.5. The molecule has 0 radical (unpaired) electrons. The number of halogens is 2. The van der Waals surface area contributed by atoms with Crippen molar-refractivity contribution in [2.24, 2.45) is 0 Å². The van der Waals surface area contributed by atoms with Crippen LogP contribution in [-0.4, -0.2) is 39.5 Å². The number of anilines is 5. The molecule has 5 rings (SSSR count). The third-order valence-electron chi connectivity index (χ3n) is 5.46. The average molecular weight is 557 g/mol. The van der Waals surface area contributed by atoms with Gasteiger partial charge >= 0.3 is 0 Å². The van der Waals surface area contributed by atoms with E-state index in [0.717, 1.165) is 6.07 Å². The number of benzene rings is 3. The Kier molecular flexibility index (Phi) is 6.04. The van der Waals surface area contributed by atoms with Crippen molar-refractivity contribution in [3.05, 3.63) is 87.4 Å². The Bertz CT molecular complexity index is 1730. The molecule has 0 bridgehead atoms. The van der Waals surface area contributed by atoms with Gasteiger partial charge in [-0.25, -0.2) is 0 Å². The molecule has 186 valence electrons. The van der Waals surface area contributed by atoms with Crippen molar-refractivity contribution in [3.63, 3.8) is 0 Å². The normalized spacial score (nSPS) is 12.6. The highest BCUT2D eigenvalue weighted by Crippen LogP contribution is 2.40. The first kappa shape index (κ1) is 24.6. The summed E-state index contributed by atoms with van der Waals surface area (Å²) in [6, 6.07) is 13.6. The van der Waals surface area contributed by atoms with E-state index in [1.807, 2.05) is 0 Å². The lowest BCUT2D eigenvalue weighted by Gasteiger charge is -2.23. The predicted molar refractivity (Wildman–Crippen MR) is 137 cm³/mol. The van der Waals surface area contributed by atoms with Crippen molar-refractivity contribution >= 4 is 73.6 Å². The van der Waals surface area contributed by atoms with Crippen molar-refractivity contribution in [1.29, 1.82) is 0 Å². The van der Waals surface area contributed by atoms with E-state index in [9.17, 15) is 22.6 Å². The molecule has 0 fully saturated rings. The van der Waals surface area contributed by atoms with E-state index < -0.39 is 32.3 Å². The molecule has 1 heterocycles.